The first-order chi connectivity index (χ1) is 6.75. The van der Waals surface area contributed by atoms with Crippen LogP contribution in [-0.4, -0.2) is 24.2 Å². The maximum absolute atomic E-state index is 11.5. The first-order valence-electron chi connectivity index (χ1n) is 4.49. The van der Waals surface area contributed by atoms with E-state index in [1.807, 2.05) is 0 Å². The summed E-state index contributed by atoms with van der Waals surface area (Å²) in [7, 11) is 0. The maximum Gasteiger partial charge on any atom is 0.253 e. The summed E-state index contributed by atoms with van der Waals surface area (Å²) in [4.78, 5) is 11.5. The van der Waals surface area contributed by atoms with E-state index < -0.39 is 0 Å². The molecule has 0 aliphatic heterocycles. The molecule has 0 fully saturated rings. The fourth-order valence-electron chi connectivity index (χ4n) is 1.08. The molecule has 0 radical (unpaired) electrons. The van der Waals surface area contributed by atoms with Crippen molar-refractivity contribution in [1.82, 2.24) is 5.32 Å². The fraction of sp³-hybridized carbons (Fsp3) is 0.300. The lowest BCUT2D eigenvalue weighted by atomic mass is 10.1. The lowest BCUT2D eigenvalue weighted by molar-refractivity contribution is 0.0952. The second-order valence-electron chi connectivity index (χ2n) is 2.92. The van der Waals surface area contributed by atoms with Crippen LogP contribution in [0.3, 0.4) is 0 Å². The van der Waals surface area contributed by atoms with E-state index in [2.05, 4.69) is 5.32 Å². The van der Waals surface area contributed by atoms with Gasteiger partial charge in [0.1, 0.15) is 0 Å². The second kappa shape index (κ2) is 5.24. The Morgan fingerprint density at radius 1 is 1.43 bits per heavy atom. The molecule has 0 aliphatic carbocycles. The topological polar surface area (TPSA) is 75.4 Å². The minimum absolute atomic E-state index is 0.0740. The van der Waals surface area contributed by atoms with Crippen LogP contribution in [-0.2, 0) is 0 Å². The van der Waals surface area contributed by atoms with Crippen LogP contribution in [0.2, 0.25) is 0 Å². The van der Waals surface area contributed by atoms with Crippen molar-refractivity contribution in [1.29, 1.82) is 0 Å². The van der Waals surface area contributed by atoms with Gasteiger partial charge < -0.3 is 16.2 Å². The molecule has 76 valence electrons. The number of hydrogen-bond donors (Lipinski definition) is 3. The van der Waals surface area contributed by atoms with E-state index in [4.69, 9.17) is 10.8 Å². The van der Waals surface area contributed by atoms with Gasteiger partial charge in [0.05, 0.1) is 5.56 Å². The van der Waals surface area contributed by atoms with Crippen LogP contribution in [0.5, 0.6) is 0 Å². The van der Waals surface area contributed by atoms with Crippen molar-refractivity contribution in [3.8, 4) is 0 Å². The van der Waals surface area contributed by atoms with Gasteiger partial charge in [-0.05, 0) is 18.6 Å². The molecule has 0 atom stereocenters. The monoisotopic (exact) mass is 194 g/mol. The van der Waals surface area contributed by atoms with E-state index >= 15 is 0 Å². The molecule has 1 aromatic carbocycles. The lowest BCUT2D eigenvalue weighted by Gasteiger charge is -2.05. The molecule has 0 aliphatic rings. The Bertz CT molecular complexity index is 313. The van der Waals surface area contributed by atoms with Crippen molar-refractivity contribution >= 4 is 11.6 Å². The zero-order valence-corrected chi connectivity index (χ0v) is 7.86. The number of amides is 1. The van der Waals surface area contributed by atoms with Crippen LogP contribution in [0, 0.1) is 0 Å². The number of hydrogen-bond acceptors (Lipinski definition) is 3. The number of nitrogens with one attached hydrogen (secondary N) is 1. The molecular formula is C10H14N2O2. The van der Waals surface area contributed by atoms with Gasteiger partial charge in [0.15, 0.2) is 0 Å². The first kappa shape index (κ1) is 10.5. The van der Waals surface area contributed by atoms with E-state index in [9.17, 15) is 4.79 Å². The number of carbonyl (C=O) groups excluding carboxylic acids is 1. The molecule has 1 rings (SSSR count). The highest BCUT2D eigenvalue weighted by Crippen LogP contribution is 2.09. The SMILES string of the molecule is Nc1ccccc1C(=O)NCCCO. The average Bonchev–Trinajstić information content (AvgIpc) is 2.18. The molecule has 4 nitrogen and oxygen atoms in total. The average molecular weight is 194 g/mol. The molecule has 0 saturated heterocycles. The standard InChI is InChI=1S/C10H14N2O2/c11-9-5-2-1-4-8(9)10(14)12-6-3-7-13/h1-2,4-5,13H,3,6-7,11H2,(H,12,14). The first-order valence-corrected chi connectivity index (χ1v) is 4.49. The van der Waals surface area contributed by atoms with Crippen molar-refractivity contribution in [3.05, 3.63) is 29.8 Å². The third-order valence-electron chi connectivity index (χ3n) is 1.83. The summed E-state index contributed by atoms with van der Waals surface area (Å²) in [5.74, 6) is -0.198. The van der Waals surface area contributed by atoms with Crippen molar-refractivity contribution in [2.45, 2.75) is 6.42 Å². The van der Waals surface area contributed by atoms with Gasteiger partial charge in [-0.25, -0.2) is 0 Å². The summed E-state index contributed by atoms with van der Waals surface area (Å²) in [6, 6.07) is 6.89. The van der Waals surface area contributed by atoms with E-state index in [0.29, 0.717) is 24.2 Å². The highest BCUT2D eigenvalue weighted by molar-refractivity contribution is 5.98. The summed E-state index contributed by atoms with van der Waals surface area (Å²) >= 11 is 0. The summed E-state index contributed by atoms with van der Waals surface area (Å²) in [6.45, 7) is 0.536. The third-order valence-corrected chi connectivity index (χ3v) is 1.83. The molecular weight excluding hydrogens is 180 g/mol. The molecule has 1 amide bonds. The van der Waals surface area contributed by atoms with Crippen LogP contribution >= 0.6 is 0 Å². The maximum atomic E-state index is 11.5. The molecule has 14 heavy (non-hydrogen) atoms. The number of para-hydroxylation sites is 1. The number of carbonyl (C=O) groups is 1. The molecule has 4 heteroatoms. The molecule has 1 aromatic rings. The molecule has 0 unspecified atom stereocenters. The Morgan fingerprint density at radius 3 is 2.79 bits per heavy atom. The number of benzene rings is 1. The zero-order valence-electron chi connectivity index (χ0n) is 7.86. The Hall–Kier alpha value is -1.55. The largest absolute Gasteiger partial charge is 0.398 e. The van der Waals surface area contributed by atoms with Gasteiger partial charge in [-0.3, -0.25) is 4.79 Å². The molecule has 0 heterocycles. The number of aliphatic hydroxyl groups excluding tert-OH is 1. The van der Waals surface area contributed by atoms with Crippen molar-refractivity contribution in [2.75, 3.05) is 18.9 Å². The third kappa shape index (κ3) is 2.74. The van der Waals surface area contributed by atoms with Crippen LogP contribution in [0.4, 0.5) is 5.69 Å². The summed E-state index contributed by atoms with van der Waals surface area (Å²) in [6.07, 6.45) is 0.554. The molecule has 0 spiro atoms. The van der Waals surface area contributed by atoms with Crippen LogP contribution in [0.25, 0.3) is 0 Å². The number of nitrogen functional groups attached to an aromatic ring is 1. The molecule has 0 aromatic heterocycles. The zero-order chi connectivity index (χ0) is 10.4. The fourth-order valence-corrected chi connectivity index (χ4v) is 1.08. The molecule has 0 bridgehead atoms. The number of rotatable bonds is 4. The van der Waals surface area contributed by atoms with Crippen molar-refractivity contribution in [3.63, 3.8) is 0 Å². The Labute approximate surface area is 82.7 Å². The second-order valence-corrected chi connectivity index (χ2v) is 2.92. The van der Waals surface area contributed by atoms with Crippen LogP contribution in [0.1, 0.15) is 16.8 Å². The quantitative estimate of drug-likeness (QED) is 0.479. The lowest BCUT2D eigenvalue weighted by Crippen LogP contribution is -2.25. The minimum Gasteiger partial charge on any atom is -0.398 e. The van der Waals surface area contributed by atoms with Crippen molar-refractivity contribution < 1.29 is 9.90 Å². The van der Waals surface area contributed by atoms with Gasteiger partial charge in [-0.1, -0.05) is 12.1 Å². The number of nitrogens with two attached hydrogens (primary N) is 1. The highest BCUT2D eigenvalue weighted by atomic mass is 16.3. The van der Waals surface area contributed by atoms with Gasteiger partial charge in [0, 0.05) is 18.8 Å². The predicted molar refractivity (Wildman–Crippen MR) is 54.9 cm³/mol. The molecule has 0 saturated carbocycles. The predicted octanol–water partition coefficient (Wildman–Crippen LogP) is 0.381. The van der Waals surface area contributed by atoms with E-state index in [1.165, 1.54) is 0 Å². The van der Waals surface area contributed by atoms with E-state index in [-0.39, 0.29) is 12.5 Å². The number of aliphatic hydroxyl groups is 1. The Morgan fingerprint density at radius 2 is 2.14 bits per heavy atom. The normalized spacial score (nSPS) is 9.79. The number of anilines is 1. The van der Waals surface area contributed by atoms with E-state index in [1.54, 1.807) is 24.3 Å². The smallest absolute Gasteiger partial charge is 0.253 e. The van der Waals surface area contributed by atoms with Crippen molar-refractivity contribution in [2.24, 2.45) is 0 Å². The van der Waals surface area contributed by atoms with Gasteiger partial charge in [0.2, 0.25) is 0 Å². The molecule has 4 N–H and O–H groups in total. The summed E-state index contributed by atoms with van der Waals surface area (Å²) < 4.78 is 0. The Balaban J connectivity index is 2.56. The highest BCUT2D eigenvalue weighted by Gasteiger charge is 2.06. The van der Waals surface area contributed by atoms with E-state index in [0.717, 1.165) is 0 Å². The minimum atomic E-state index is -0.198. The van der Waals surface area contributed by atoms with Gasteiger partial charge in [0.25, 0.3) is 5.91 Å². The van der Waals surface area contributed by atoms with Crippen LogP contribution < -0.4 is 11.1 Å². The summed E-state index contributed by atoms with van der Waals surface area (Å²) in [5.41, 5.74) is 6.56. The Kier molecular flexibility index (Phi) is 3.94. The van der Waals surface area contributed by atoms with Crippen LogP contribution in [0.15, 0.2) is 24.3 Å². The van der Waals surface area contributed by atoms with Gasteiger partial charge in [-0.2, -0.15) is 0 Å². The van der Waals surface area contributed by atoms with Gasteiger partial charge >= 0.3 is 0 Å². The van der Waals surface area contributed by atoms with Gasteiger partial charge in [-0.15, -0.1) is 0 Å². The summed E-state index contributed by atoms with van der Waals surface area (Å²) in [5, 5.41) is 11.2.